The molecule has 0 aliphatic heterocycles. The Bertz CT molecular complexity index is 683. The van der Waals surface area contributed by atoms with E-state index in [4.69, 9.17) is 17.3 Å². The Morgan fingerprint density at radius 3 is 2.71 bits per heavy atom. The molecule has 0 bridgehead atoms. The predicted octanol–water partition coefficient (Wildman–Crippen LogP) is 4.00. The van der Waals surface area contributed by atoms with Crippen LogP contribution in [0.5, 0.6) is 0 Å². The first kappa shape index (κ1) is 15.3. The van der Waals surface area contributed by atoms with Crippen molar-refractivity contribution >= 4 is 29.0 Å². The standard InChI is InChI=1S/C16H18ClN3O/c1-9(2)12-6-4-5-10(3)14(12)20-16(21)11-7-13(17)15(18)19-8-11/h4-9H,1-3H3,(H2,18,19)(H,20,21). The normalized spacial score (nSPS) is 10.7. The number of anilines is 2. The summed E-state index contributed by atoms with van der Waals surface area (Å²) in [5.41, 5.74) is 8.89. The van der Waals surface area contributed by atoms with Crippen molar-refractivity contribution in [2.75, 3.05) is 11.1 Å². The fourth-order valence-electron chi connectivity index (χ4n) is 2.10. The number of carbonyl (C=O) groups is 1. The number of benzene rings is 1. The number of nitrogen functional groups attached to an aromatic ring is 1. The highest BCUT2D eigenvalue weighted by atomic mass is 35.5. The van der Waals surface area contributed by atoms with Crippen LogP contribution in [0.2, 0.25) is 5.02 Å². The first-order valence-corrected chi connectivity index (χ1v) is 7.09. The van der Waals surface area contributed by atoms with E-state index in [1.807, 2.05) is 25.1 Å². The zero-order valence-electron chi connectivity index (χ0n) is 12.3. The number of nitrogens with zero attached hydrogens (tertiary/aromatic N) is 1. The van der Waals surface area contributed by atoms with Crippen molar-refractivity contribution in [3.8, 4) is 0 Å². The summed E-state index contributed by atoms with van der Waals surface area (Å²) in [6, 6.07) is 7.49. The lowest BCUT2D eigenvalue weighted by Gasteiger charge is -2.16. The first-order valence-electron chi connectivity index (χ1n) is 6.72. The Labute approximate surface area is 129 Å². The monoisotopic (exact) mass is 303 g/mol. The second-order valence-corrected chi connectivity index (χ2v) is 5.65. The van der Waals surface area contributed by atoms with Gasteiger partial charge in [-0.3, -0.25) is 4.79 Å². The molecule has 0 saturated carbocycles. The predicted molar refractivity (Wildman–Crippen MR) is 86.9 cm³/mol. The number of carbonyl (C=O) groups excluding carboxylic acids is 1. The fraction of sp³-hybridized carbons (Fsp3) is 0.250. The maximum atomic E-state index is 12.4. The lowest BCUT2D eigenvalue weighted by molar-refractivity contribution is 0.102. The maximum Gasteiger partial charge on any atom is 0.257 e. The highest BCUT2D eigenvalue weighted by molar-refractivity contribution is 6.33. The van der Waals surface area contributed by atoms with Crippen LogP contribution in [-0.4, -0.2) is 10.9 Å². The minimum Gasteiger partial charge on any atom is -0.382 e. The SMILES string of the molecule is Cc1cccc(C(C)C)c1NC(=O)c1cnc(N)c(Cl)c1. The van der Waals surface area contributed by atoms with E-state index >= 15 is 0 Å². The van der Waals surface area contributed by atoms with Crippen molar-refractivity contribution in [1.29, 1.82) is 0 Å². The van der Waals surface area contributed by atoms with Crippen LogP contribution in [0.15, 0.2) is 30.5 Å². The summed E-state index contributed by atoms with van der Waals surface area (Å²) in [5.74, 6) is 0.279. The molecule has 0 fully saturated rings. The maximum absolute atomic E-state index is 12.4. The molecule has 0 aliphatic carbocycles. The van der Waals surface area contributed by atoms with Crippen molar-refractivity contribution in [2.24, 2.45) is 0 Å². The molecule has 1 aromatic heterocycles. The van der Waals surface area contributed by atoms with Gasteiger partial charge in [-0.05, 0) is 30.0 Å². The van der Waals surface area contributed by atoms with Crippen LogP contribution in [0.25, 0.3) is 0 Å². The van der Waals surface area contributed by atoms with Gasteiger partial charge in [0.15, 0.2) is 0 Å². The average molecular weight is 304 g/mol. The number of para-hydroxylation sites is 1. The van der Waals surface area contributed by atoms with Crippen molar-refractivity contribution < 1.29 is 4.79 Å². The Hall–Kier alpha value is -2.07. The Kier molecular flexibility index (Phi) is 4.48. The van der Waals surface area contributed by atoms with Gasteiger partial charge >= 0.3 is 0 Å². The summed E-state index contributed by atoms with van der Waals surface area (Å²) in [6.07, 6.45) is 1.42. The molecule has 0 spiro atoms. The van der Waals surface area contributed by atoms with Crippen LogP contribution in [0.1, 0.15) is 41.3 Å². The molecule has 5 heteroatoms. The van der Waals surface area contributed by atoms with Gasteiger partial charge in [0.05, 0.1) is 10.6 Å². The summed E-state index contributed by atoms with van der Waals surface area (Å²) in [6.45, 7) is 6.15. The van der Waals surface area contributed by atoms with Gasteiger partial charge in [-0.25, -0.2) is 4.98 Å². The van der Waals surface area contributed by atoms with E-state index in [0.717, 1.165) is 16.8 Å². The molecule has 1 aromatic carbocycles. The van der Waals surface area contributed by atoms with E-state index in [9.17, 15) is 4.79 Å². The van der Waals surface area contributed by atoms with Gasteiger partial charge in [-0.15, -0.1) is 0 Å². The van der Waals surface area contributed by atoms with Crippen LogP contribution in [0, 0.1) is 6.92 Å². The van der Waals surface area contributed by atoms with Gasteiger partial charge in [0.1, 0.15) is 5.82 Å². The topological polar surface area (TPSA) is 68.0 Å². The Balaban J connectivity index is 2.33. The molecule has 4 nitrogen and oxygen atoms in total. The summed E-state index contributed by atoms with van der Waals surface area (Å²) in [5, 5.41) is 3.22. The van der Waals surface area contributed by atoms with Crippen LogP contribution in [-0.2, 0) is 0 Å². The van der Waals surface area contributed by atoms with Gasteiger partial charge in [0, 0.05) is 11.9 Å². The molecule has 0 unspecified atom stereocenters. The van der Waals surface area contributed by atoms with E-state index in [2.05, 4.69) is 24.1 Å². The lowest BCUT2D eigenvalue weighted by atomic mass is 9.98. The summed E-state index contributed by atoms with van der Waals surface area (Å²) < 4.78 is 0. The second kappa shape index (κ2) is 6.14. The largest absolute Gasteiger partial charge is 0.382 e. The van der Waals surface area contributed by atoms with Crippen molar-refractivity contribution in [3.63, 3.8) is 0 Å². The van der Waals surface area contributed by atoms with E-state index in [-0.39, 0.29) is 16.7 Å². The van der Waals surface area contributed by atoms with Gasteiger partial charge in [0.25, 0.3) is 5.91 Å². The van der Waals surface area contributed by atoms with Crippen LogP contribution < -0.4 is 11.1 Å². The van der Waals surface area contributed by atoms with Gasteiger partial charge in [-0.2, -0.15) is 0 Å². The molecule has 1 heterocycles. The molecular weight excluding hydrogens is 286 g/mol. The summed E-state index contributed by atoms with van der Waals surface area (Å²) in [7, 11) is 0. The molecule has 0 atom stereocenters. The number of rotatable bonds is 3. The lowest BCUT2D eigenvalue weighted by Crippen LogP contribution is -2.15. The number of pyridine rings is 1. The van der Waals surface area contributed by atoms with Crippen LogP contribution in [0.4, 0.5) is 11.5 Å². The van der Waals surface area contributed by atoms with Crippen molar-refractivity contribution in [2.45, 2.75) is 26.7 Å². The molecule has 3 N–H and O–H groups in total. The highest BCUT2D eigenvalue weighted by Crippen LogP contribution is 2.28. The van der Waals surface area contributed by atoms with Crippen LogP contribution in [0.3, 0.4) is 0 Å². The van der Waals surface area contributed by atoms with E-state index in [0.29, 0.717) is 11.5 Å². The second-order valence-electron chi connectivity index (χ2n) is 5.24. The number of nitrogens with one attached hydrogen (secondary N) is 1. The third-order valence-corrected chi connectivity index (χ3v) is 3.60. The van der Waals surface area contributed by atoms with Gasteiger partial charge < -0.3 is 11.1 Å². The molecule has 2 aromatic rings. The number of aryl methyl sites for hydroxylation is 1. The summed E-state index contributed by atoms with van der Waals surface area (Å²) >= 11 is 5.91. The van der Waals surface area contributed by atoms with E-state index in [1.165, 1.54) is 12.3 Å². The number of hydrogen-bond acceptors (Lipinski definition) is 3. The zero-order valence-corrected chi connectivity index (χ0v) is 13.0. The average Bonchev–Trinajstić information content (AvgIpc) is 2.43. The van der Waals surface area contributed by atoms with Gasteiger partial charge in [-0.1, -0.05) is 43.6 Å². The van der Waals surface area contributed by atoms with Crippen molar-refractivity contribution in [3.05, 3.63) is 52.2 Å². The molecule has 110 valence electrons. The Morgan fingerprint density at radius 1 is 1.38 bits per heavy atom. The highest BCUT2D eigenvalue weighted by Gasteiger charge is 2.14. The van der Waals surface area contributed by atoms with Crippen molar-refractivity contribution in [1.82, 2.24) is 4.98 Å². The number of hydrogen-bond donors (Lipinski definition) is 2. The molecule has 2 rings (SSSR count). The minimum atomic E-state index is -0.249. The molecule has 21 heavy (non-hydrogen) atoms. The number of nitrogens with two attached hydrogens (primary N) is 1. The number of aromatic nitrogens is 1. The number of amides is 1. The van der Waals surface area contributed by atoms with E-state index < -0.39 is 0 Å². The van der Waals surface area contributed by atoms with E-state index in [1.54, 1.807) is 0 Å². The Morgan fingerprint density at radius 2 is 2.10 bits per heavy atom. The third-order valence-electron chi connectivity index (χ3n) is 3.30. The minimum absolute atomic E-state index is 0.215. The fourth-order valence-corrected chi connectivity index (χ4v) is 2.27. The van der Waals surface area contributed by atoms with Gasteiger partial charge in [0.2, 0.25) is 0 Å². The molecule has 0 saturated heterocycles. The first-order chi connectivity index (χ1) is 9.90. The molecule has 0 aliphatic rings. The molecular formula is C16H18ClN3O. The quantitative estimate of drug-likeness (QED) is 0.900. The van der Waals surface area contributed by atoms with Crippen LogP contribution >= 0.6 is 11.6 Å². The summed E-state index contributed by atoms with van der Waals surface area (Å²) in [4.78, 5) is 16.3. The molecule has 1 amide bonds. The number of halogens is 1. The third kappa shape index (κ3) is 3.34. The smallest absolute Gasteiger partial charge is 0.257 e. The zero-order chi connectivity index (χ0) is 15.6. The molecule has 0 radical (unpaired) electrons.